The van der Waals surface area contributed by atoms with Gasteiger partial charge in [0.1, 0.15) is 22.2 Å². The minimum absolute atomic E-state index is 0.142. The summed E-state index contributed by atoms with van der Waals surface area (Å²) < 4.78 is 16.0. The molecule has 2 aromatic carbocycles. The topological polar surface area (TPSA) is 104 Å². The molecule has 0 saturated carbocycles. The van der Waals surface area contributed by atoms with E-state index in [0.29, 0.717) is 23.8 Å². The molecule has 3 aromatic rings. The number of hydrogen-bond donors (Lipinski definition) is 1. The van der Waals surface area contributed by atoms with Crippen LogP contribution in [0.1, 0.15) is 17.5 Å². The molecule has 1 heterocycles. The number of nitrogens with zero attached hydrogens (tertiary/aromatic N) is 1. The summed E-state index contributed by atoms with van der Waals surface area (Å²) in [6.45, 7) is 2.51. The molecule has 3 rings (SSSR count). The van der Waals surface area contributed by atoms with Crippen LogP contribution in [-0.4, -0.2) is 17.4 Å². The zero-order valence-corrected chi connectivity index (χ0v) is 14.4. The lowest BCUT2D eigenvalue weighted by molar-refractivity contribution is -0.402. The second kappa shape index (κ2) is 8.05. The second-order valence-electron chi connectivity index (χ2n) is 5.38. The Morgan fingerprint density at radius 2 is 1.59 bits per heavy atom. The third-order valence-electron chi connectivity index (χ3n) is 3.48. The molecule has 1 N–H and O–H groups in total. The number of nitrogens with one attached hydrogen (secondary N) is 1. The third-order valence-corrected chi connectivity index (χ3v) is 3.48. The van der Waals surface area contributed by atoms with Gasteiger partial charge >= 0.3 is 5.88 Å². The van der Waals surface area contributed by atoms with Crippen LogP contribution in [0.15, 0.2) is 65.1 Å². The van der Waals surface area contributed by atoms with Crippen LogP contribution in [0.4, 0.5) is 11.6 Å². The molecule has 0 bridgehead atoms. The van der Waals surface area contributed by atoms with Gasteiger partial charge < -0.3 is 19.2 Å². The number of carbonyl (C=O) groups is 1. The highest BCUT2D eigenvalue weighted by Crippen LogP contribution is 2.25. The minimum atomic E-state index is -0.705. The van der Waals surface area contributed by atoms with E-state index in [9.17, 15) is 14.9 Å². The summed E-state index contributed by atoms with van der Waals surface area (Å²) in [6, 6.07) is 16.3. The Bertz CT molecular complexity index is 932. The van der Waals surface area contributed by atoms with Crippen molar-refractivity contribution >= 4 is 17.5 Å². The lowest BCUT2D eigenvalue weighted by atomic mass is 10.3. The van der Waals surface area contributed by atoms with E-state index in [4.69, 9.17) is 13.9 Å². The Labute approximate surface area is 154 Å². The Kier molecular flexibility index (Phi) is 5.36. The maximum absolute atomic E-state index is 12.0. The summed E-state index contributed by atoms with van der Waals surface area (Å²) in [7, 11) is 0. The summed E-state index contributed by atoms with van der Waals surface area (Å²) in [6.07, 6.45) is 0. The van der Waals surface area contributed by atoms with Crippen LogP contribution in [0.25, 0.3) is 0 Å². The van der Waals surface area contributed by atoms with Crippen molar-refractivity contribution in [2.75, 3.05) is 11.9 Å². The van der Waals surface area contributed by atoms with E-state index in [-0.39, 0.29) is 5.76 Å². The third kappa shape index (κ3) is 4.63. The molecule has 0 spiro atoms. The number of furan rings is 1. The quantitative estimate of drug-likeness (QED) is 0.481. The van der Waals surface area contributed by atoms with E-state index in [1.165, 1.54) is 6.07 Å². The molecule has 27 heavy (non-hydrogen) atoms. The van der Waals surface area contributed by atoms with Crippen molar-refractivity contribution in [1.82, 2.24) is 0 Å². The lowest BCUT2D eigenvalue weighted by Crippen LogP contribution is -2.10. The minimum Gasteiger partial charge on any atom is -0.494 e. The van der Waals surface area contributed by atoms with E-state index >= 15 is 0 Å². The zero-order valence-electron chi connectivity index (χ0n) is 14.4. The summed E-state index contributed by atoms with van der Waals surface area (Å²) >= 11 is 0. The Morgan fingerprint density at radius 3 is 2.15 bits per heavy atom. The fraction of sp³-hybridized carbons (Fsp3) is 0.105. The molecule has 0 unspecified atom stereocenters. The first kappa shape index (κ1) is 18.0. The molecule has 0 atom stereocenters. The van der Waals surface area contributed by atoms with Gasteiger partial charge in [-0.3, -0.25) is 14.9 Å². The van der Waals surface area contributed by atoms with Crippen molar-refractivity contribution < 1.29 is 23.6 Å². The number of carbonyl (C=O) groups excluding carboxylic acids is 1. The van der Waals surface area contributed by atoms with Crippen molar-refractivity contribution in [2.45, 2.75) is 6.92 Å². The van der Waals surface area contributed by atoms with Crippen LogP contribution in [0.2, 0.25) is 0 Å². The molecule has 1 amide bonds. The lowest BCUT2D eigenvalue weighted by Gasteiger charge is -2.08. The largest absolute Gasteiger partial charge is 0.494 e. The standard InChI is InChI=1S/C19H16N2O6/c1-2-25-14-7-9-16(10-8-14)26-15-5-3-13(4-6-15)20-19(22)17-11-12-18(27-17)21(23)24/h3-12H,2H2,1H3,(H,20,22). The number of rotatable bonds is 7. The van der Waals surface area contributed by atoms with Crippen molar-refractivity contribution in [2.24, 2.45) is 0 Å². The average molecular weight is 368 g/mol. The highest BCUT2D eigenvalue weighted by Gasteiger charge is 2.17. The predicted octanol–water partition coefficient (Wildman–Crippen LogP) is 4.63. The van der Waals surface area contributed by atoms with E-state index < -0.39 is 16.7 Å². The average Bonchev–Trinajstić information content (AvgIpc) is 3.16. The number of anilines is 1. The van der Waals surface area contributed by atoms with Crippen LogP contribution in [-0.2, 0) is 0 Å². The van der Waals surface area contributed by atoms with Crippen molar-refractivity contribution in [3.05, 3.63) is 76.5 Å². The number of hydrogen-bond acceptors (Lipinski definition) is 6. The van der Waals surface area contributed by atoms with Crippen molar-refractivity contribution in [3.8, 4) is 17.2 Å². The fourth-order valence-corrected chi connectivity index (χ4v) is 2.25. The summed E-state index contributed by atoms with van der Waals surface area (Å²) in [5.74, 6) is 0.795. The van der Waals surface area contributed by atoms with Gasteiger partial charge in [-0.1, -0.05) is 0 Å². The monoisotopic (exact) mass is 368 g/mol. The van der Waals surface area contributed by atoms with Crippen LogP contribution >= 0.6 is 0 Å². The molecule has 0 aliphatic heterocycles. The fourth-order valence-electron chi connectivity index (χ4n) is 2.25. The van der Waals surface area contributed by atoms with E-state index in [0.717, 1.165) is 11.8 Å². The van der Waals surface area contributed by atoms with Crippen LogP contribution in [0, 0.1) is 10.1 Å². The summed E-state index contributed by atoms with van der Waals surface area (Å²) in [5, 5.41) is 13.2. The molecule has 8 nitrogen and oxygen atoms in total. The van der Waals surface area contributed by atoms with E-state index in [2.05, 4.69) is 5.32 Å². The maximum atomic E-state index is 12.0. The molecule has 8 heteroatoms. The molecule has 138 valence electrons. The highest BCUT2D eigenvalue weighted by molar-refractivity contribution is 6.02. The second-order valence-corrected chi connectivity index (χ2v) is 5.38. The Morgan fingerprint density at radius 1 is 1.00 bits per heavy atom. The first-order chi connectivity index (χ1) is 13.0. The summed E-state index contributed by atoms with van der Waals surface area (Å²) in [4.78, 5) is 21.9. The van der Waals surface area contributed by atoms with Gasteiger partial charge in [0, 0.05) is 5.69 Å². The normalized spacial score (nSPS) is 10.3. The molecular weight excluding hydrogens is 352 g/mol. The molecule has 0 saturated heterocycles. The first-order valence-corrected chi connectivity index (χ1v) is 8.11. The molecule has 0 aliphatic rings. The van der Waals surface area contributed by atoms with Gasteiger partial charge in [0.05, 0.1) is 12.7 Å². The van der Waals surface area contributed by atoms with Gasteiger partial charge in [-0.15, -0.1) is 0 Å². The smallest absolute Gasteiger partial charge is 0.433 e. The number of nitro groups is 1. The van der Waals surface area contributed by atoms with Gasteiger partial charge in [-0.05, 0) is 61.5 Å². The Hall–Kier alpha value is -3.81. The van der Waals surface area contributed by atoms with Gasteiger partial charge in [-0.2, -0.15) is 0 Å². The van der Waals surface area contributed by atoms with Crippen LogP contribution in [0.3, 0.4) is 0 Å². The van der Waals surface area contributed by atoms with Gasteiger partial charge in [-0.25, -0.2) is 0 Å². The van der Waals surface area contributed by atoms with Crippen LogP contribution in [0.5, 0.6) is 17.2 Å². The maximum Gasteiger partial charge on any atom is 0.433 e. The highest BCUT2D eigenvalue weighted by atomic mass is 16.6. The SMILES string of the molecule is CCOc1ccc(Oc2ccc(NC(=O)c3ccc([N+](=O)[O-])o3)cc2)cc1. The number of amides is 1. The van der Waals surface area contributed by atoms with Crippen molar-refractivity contribution in [3.63, 3.8) is 0 Å². The van der Waals surface area contributed by atoms with Gasteiger partial charge in [0.15, 0.2) is 5.76 Å². The van der Waals surface area contributed by atoms with E-state index in [1.807, 2.05) is 19.1 Å². The predicted molar refractivity (Wildman–Crippen MR) is 97.4 cm³/mol. The number of benzene rings is 2. The molecule has 0 fully saturated rings. The molecule has 1 aromatic heterocycles. The molecular formula is C19H16N2O6. The van der Waals surface area contributed by atoms with Crippen LogP contribution < -0.4 is 14.8 Å². The summed E-state index contributed by atoms with van der Waals surface area (Å²) in [5.41, 5.74) is 0.498. The first-order valence-electron chi connectivity index (χ1n) is 8.11. The molecule has 0 aliphatic carbocycles. The molecule has 0 radical (unpaired) electrons. The Balaban J connectivity index is 1.60. The van der Waals surface area contributed by atoms with Gasteiger partial charge in [0.2, 0.25) is 0 Å². The zero-order chi connectivity index (χ0) is 19.2. The number of ether oxygens (including phenoxy) is 2. The van der Waals surface area contributed by atoms with E-state index in [1.54, 1.807) is 36.4 Å². The van der Waals surface area contributed by atoms with Gasteiger partial charge in [0.25, 0.3) is 5.91 Å². The van der Waals surface area contributed by atoms with Crippen molar-refractivity contribution in [1.29, 1.82) is 0 Å².